The van der Waals surface area contributed by atoms with Crippen molar-refractivity contribution in [2.75, 3.05) is 32.1 Å². The molecular weight excluding hydrogens is 318 g/mol. The van der Waals surface area contributed by atoms with Crippen molar-refractivity contribution < 1.29 is 14.3 Å². The van der Waals surface area contributed by atoms with Crippen LogP contribution < -0.4 is 15.4 Å². The second-order valence-electron chi connectivity index (χ2n) is 6.92. The molecule has 0 saturated carbocycles. The average Bonchev–Trinajstić information content (AvgIpc) is 2.62. The van der Waals surface area contributed by atoms with Gasteiger partial charge < -0.3 is 20.3 Å². The van der Waals surface area contributed by atoms with E-state index in [0.29, 0.717) is 31.2 Å². The van der Waals surface area contributed by atoms with Gasteiger partial charge >= 0.3 is 6.03 Å². The number of likely N-dealkylation sites (tertiary alicyclic amines) is 1. The molecule has 1 fully saturated rings. The molecule has 0 bridgehead atoms. The third-order valence-corrected chi connectivity index (χ3v) is 4.44. The van der Waals surface area contributed by atoms with Gasteiger partial charge in [0.15, 0.2) is 0 Å². The van der Waals surface area contributed by atoms with E-state index in [9.17, 15) is 9.59 Å². The standard InChI is InChI=1S/C19H29N3O3/c1-14(2)10-11-20-18(23)15-5-4-12-22(13-15)19(24)21-16-6-8-17(25-3)9-7-16/h6-9,14-15H,4-5,10-13H2,1-3H3,(H,20,23)(H,21,24)/t15-/m1/s1. The van der Waals surface area contributed by atoms with Gasteiger partial charge in [-0.1, -0.05) is 13.8 Å². The minimum Gasteiger partial charge on any atom is -0.497 e. The van der Waals surface area contributed by atoms with E-state index in [1.165, 1.54) is 0 Å². The fraction of sp³-hybridized carbons (Fsp3) is 0.579. The molecule has 138 valence electrons. The number of nitrogens with one attached hydrogen (secondary N) is 2. The number of amides is 3. The summed E-state index contributed by atoms with van der Waals surface area (Å²) in [5, 5.41) is 5.87. The van der Waals surface area contributed by atoms with Gasteiger partial charge in [0.05, 0.1) is 13.0 Å². The molecular formula is C19H29N3O3. The predicted molar refractivity (Wildman–Crippen MR) is 98.8 cm³/mol. The number of rotatable bonds is 6. The SMILES string of the molecule is COc1ccc(NC(=O)N2CCC[C@@H](C(=O)NCCC(C)C)C2)cc1. The summed E-state index contributed by atoms with van der Waals surface area (Å²) in [5.41, 5.74) is 0.717. The topological polar surface area (TPSA) is 70.7 Å². The molecule has 0 unspecified atom stereocenters. The summed E-state index contributed by atoms with van der Waals surface area (Å²) in [6.45, 7) is 6.12. The Kier molecular flexibility index (Phi) is 7.10. The average molecular weight is 347 g/mol. The van der Waals surface area contributed by atoms with E-state index in [2.05, 4.69) is 24.5 Å². The van der Waals surface area contributed by atoms with E-state index in [-0.39, 0.29) is 17.9 Å². The number of methoxy groups -OCH3 is 1. The molecule has 2 N–H and O–H groups in total. The van der Waals surface area contributed by atoms with Gasteiger partial charge in [0.2, 0.25) is 5.91 Å². The van der Waals surface area contributed by atoms with Crippen LogP contribution in [0.2, 0.25) is 0 Å². The maximum Gasteiger partial charge on any atom is 0.321 e. The highest BCUT2D eigenvalue weighted by Crippen LogP contribution is 2.19. The van der Waals surface area contributed by atoms with Gasteiger partial charge in [-0.15, -0.1) is 0 Å². The monoisotopic (exact) mass is 347 g/mol. The first-order valence-corrected chi connectivity index (χ1v) is 8.97. The molecule has 1 aromatic rings. The molecule has 6 nitrogen and oxygen atoms in total. The first-order chi connectivity index (χ1) is 12.0. The number of carbonyl (C=O) groups is 2. The summed E-state index contributed by atoms with van der Waals surface area (Å²) in [5.74, 6) is 1.25. The first-order valence-electron chi connectivity index (χ1n) is 8.97. The number of nitrogens with zero attached hydrogens (tertiary/aromatic N) is 1. The third kappa shape index (κ3) is 5.96. The van der Waals surface area contributed by atoms with Crippen molar-refractivity contribution in [3.8, 4) is 5.75 Å². The molecule has 0 aliphatic carbocycles. The van der Waals surface area contributed by atoms with Crippen LogP contribution in [0.5, 0.6) is 5.75 Å². The molecule has 2 rings (SSSR count). The second-order valence-corrected chi connectivity index (χ2v) is 6.92. The predicted octanol–water partition coefficient (Wildman–Crippen LogP) is 3.10. The Labute approximate surface area is 149 Å². The normalized spacial score (nSPS) is 17.3. The summed E-state index contributed by atoms with van der Waals surface area (Å²) in [4.78, 5) is 26.5. The molecule has 1 saturated heterocycles. The van der Waals surface area contributed by atoms with Crippen molar-refractivity contribution in [2.24, 2.45) is 11.8 Å². The Hall–Kier alpha value is -2.24. The molecule has 0 aromatic heterocycles. The van der Waals surface area contributed by atoms with Crippen LogP contribution in [0.1, 0.15) is 33.1 Å². The maximum atomic E-state index is 12.4. The lowest BCUT2D eigenvalue weighted by atomic mass is 9.97. The highest BCUT2D eigenvalue weighted by molar-refractivity contribution is 5.90. The fourth-order valence-electron chi connectivity index (χ4n) is 2.88. The largest absolute Gasteiger partial charge is 0.497 e. The molecule has 1 aromatic carbocycles. The third-order valence-electron chi connectivity index (χ3n) is 4.44. The van der Waals surface area contributed by atoms with Gasteiger partial charge in [-0.25, -0.2) is 4.79 Å². The van der Waals surface area contributed by atoms with Crippen LogP contribution in [-0.4, -0.2) is 43.6 Å². The summed E-state index contributed by atoms with van der Waals surface area (Å²) in [6, 6.07) is 7.05. The van der Waals surface area contributed by atoms with Crippen molar-refractivity contribution in [1.29, 1.82) is 0 Å². The van der Waals surface area contributed by atoms with Crippen LogP contribution in [0.4, 0.5) is 10.5 Å². The Morgan fingerprint density at radius 2 is 2.00 bits per heavy atom. The van der Waals surface area contributed by atoms with Gasteiger partial charge in [0, 0.05) is 25.3 Å². The summed E-state index contributed by atoms with van der Waals surface area (Å²) < 4.78 is 5.11. The number of hydrogen-bond acceptors (Lipinski definition) is 3. The number of hydrogen-bond donors (Lipinski definition) is 2. The molecule has 1 heterocycles. The van der Waals surface area contributed by atoms with Crippen LogP contribution in [0.25, 0.3) is 0 Å². The Morgan fingerprint density at radius 1 is 1.28 bits per heavy atom. The Morgan fingerprint density at radius 3 is 2.64 bits per heavy atom. The lowest BCUT2D eigenvalue weighted by Crippen LogP contribution is -2.47. The van der Waals surface area contributed by atoms with Crippen molar-refractivity contribution in [2.45, 2.75) is 33.1 Å². The molecule has 1 aliphatic rings. The van der Waals surface area contributed by atoms with Gasteiger partial charge in [-0.3, -0.25) is 4.79 Å². The van der Waals surface area contributed by atoms with Crippen molar-refractivity contribution >= 4 is 17.6 Å². The zero-order valence-corrected chi connectivity index (χ0v) is 15.4. The van der Waals surface area contributed by atoms with Gasteiger partial charge in [0.1, 0.15) is 5.75 Å². The van der Waals surface area contributed by atoms with Crippen LogP contribution in [-0.2, 0) is 4.79 Å². The number of piperidine rings is 1. The Bertz CT molecular complexity index is 572. The summed E-state index contributed by atoms with van der Waals surface area (Å²) in [7, 11) is 1.60. The first kappa shape index (κ1) is 19.1. The number of benzene rings is 1. The lowest BCUT2D eigenvalue weighted by Gasteiger charge is -2.32. The molecule has 3 amide bonds. The minimum atomic E-state index is -0.162. The highest BCUT2D eigenvalue weighted by atomic mass is 16.5. The minimum absolute atomic E-state index is 0.0580. The smallest absolute Gasteiger partial charge is 0.321 e. The number of urea groups is 1. The van der Waals surface area contributed by atoms with Gasteiger partial charge in [-0.2, -0.15) is 0 Å². The zero-order valence-electron chi connectivity index (χ0n) is 15.4. The van der Waals surface area contributed by atoms with Crippen molar-refractivity contribution in [3.05, 3.63) is 24.3 Å². The summed E-state index contributed by atoms with van der Waals surface area (Å²) >= 11 is 0. The highest BCUT2D eigenvalue weighted by Gasteiger charge is 2.28. The van der Waals surface area contributed by atoms with Crippen LogP contribution in [0.3, 0.4) is 0 Å². The van der Waals surface area contributed by atoms with Gasteiger partial charge in [0.25, 0.3) is 0 Å². The van der Waals surface area contributed by atoms with E-state index in [1.807, 2.05) is 0 Å². The second kappa shape index (κ2) is 9.30. The molecule has 1 aliphatic heterocycles. The van der Waals surface area contributed by atoms with E-state index >= 15 is 0 Å². The van der Waals surface area contributed by atoms with Crippen molar-refractivity contribution in [3.63, 3.8) is 0 Å². The van der Waals surface area contributed by atoms with E-state index in [4.69, 9.17) is 4.74 Å². The quantitative estimate of drug-likeness (QED) is 0.831. The molecule has 25 heavy (non-hydrogen) atoms. The van der Waals surface area contributed by atoms with Gasteiger partial charge in [-0.05, 0) is 49.4 Å². The van der Waals surface area contributed by atoms with Crippen LogP contribution in [0, 0.1) is 11.8 Å². The lowest BCUT2D eigenvalue weighted by molar-refractivity contribution is -0.126. The van der Waals surface area contributed by atoms with E-state index in [1.54, 1.807) is 36.3 Å². The van der Waals surface area contributed by atoms with E-state index < -0.39 is 0 Å². The molecule has 0 spiro atoms. The zero-order chi connectivity index (χ0) is 18.2. The summed E-state index contributed by atoms with van der Waals surface area (Å²) in [6.07, 6.45) is 2.65. The number of carbonyl (C=O) groups excluding carboxylic acids is 2. The van der Waals surface area contributed by atoms with E-state index in [0.717, 1.165) is 25.0 Å². The maximum absolute atomic E-state index is 12.4. The van der Waals surface area contributed by atoms with Crippen molar-refractivity contribution in [1.82, 2.24) is 10.2 Å². The van der Waals surface area contributed by atoms with Crippen LogP contribution in [0.15, 0.2) is 24.3 Å². The number of ether oxygens (including phenoxy) is 1. The molecule has 6 heteroatoms. The Balaban J connectivity index is 1.84. The van der Waals surface area contributed by atoms with Crippen LogP contribution >= 0.6 is 0 Å². The fourth-order valence-corrected chi connectivity index (χ4v) is 2.88. The number of anilines is 1. The molecule has 1 atom stereocenters. The molecule has 0 radical (unpaired) electrons.